The van der Waals surface area contributed by atoms with Crippen molar-refractivity contribution < 1.29 is 4.74 Å². The summed E-state index contributed by atoms with van der Waals surface area (Å²) in [6, 6.07) is 0. The molecule has 1 N–H and O–H groups in total. The maximum atomic E-state index is 7.80. The lowest BCUT2D eigenvalue weighted by atomic mass is 9.77. The molecule has 0 bridgehead atoms. The first-order valence-corrected chi connectivity index (χ1v) is 4.58. The fourth-order valence-electron chi connectivity index (χ4n) is 0.739. The lowest BCUT2D eigenvalue weighted by Gasteiger charge is -2.29. The number of hydrogen-bond acceptors (Lipinski definition) is 2. The predicted molar refractivity (Wildman–Crippen MR) is 52.8 cm³/mol. The molecule has 0 aliphatic heterocycles. The third kappa shape index (κ3) is 2.94. The highest BCUT2D eigenvalue weighted by molar-refractivity contribution is 5.88. The van der Waals surface area contributed by atoms with Gasteiger partial charge in [0.25, 0.3) is 0 Å². The van der Waals surface area contributed by atoms with Crippen LogP contribution in [0, 0.1) is 16.7 Å². The SMILES string of the molecule is CCOCC(=N)C(C)(C)C(C)C. The molecule has 72 valence electrons. The van der Waals surface area contributed by atoms with Crippen LogP contribution in [0.1, 0.15) is 34.6 Å². The van der Waals surface area contributed by atoms with E-state index in [4.69, 9.17) is 10.1 Å². The molecule has 0 saturated carbocycles. The summed E-state index contributed by atoms with van der Waals surface area (Å²) < 4.78 is 5.21. The molecule has 12 heavy (non-hydrogen) atoms. The summed E-state index contributed by atoms with van der Waals surface area (Å²) in [6.45, 7) is 11.6. The molecule has 0 amide bonds. The van der Waals surface area contributed by atoms with E-state index in [9.17, 15) is 0 Å². The van der Waals surface area contributed by atoms with Crippen molar-refractivity contribution in [2.45, 2.75) is 34.6 Å². The molecule has 2 heteroatoms. The van der Waals surface area contributed by atoms with Crippen LogP contribution in [-0.4, -0.2) is 18.9 Å². The van der Waals surface area contributed by atoms with Crippen LogP contribution >= 0.6 is 0 Å². The largest absolute Gasteiger partial charge is 0.376 e. The number of ether oxygens (including phenoxy) is 1. The Morgan fingerprint density at radius 1 is 1.42 bits per heavy atom. The Morgan fingerprint density at radius 2 is 1.92 bits per heavy atom. The van der Waals surface area contributed by atoms with Gasteiger partial charge in [-0.25, -0.2) is 0 Å². The van der Waals surface area contributed by atoms with Gasteiger partial charge < -0.3 is 10.1 Å². The zero-order chi connectivity index (χ0) is 9.78. The smallest absolute Gasteiger partial charge is 0.0846 e. The number of nitrogens with one attached hydrogen (secondary N) is 1. The topological polar surface area (TPSA) is 33.1 Å². The first-order valence-electron chi connectivity index (χ1n) is 4.58. The monoisotopic (exact) mass is 171 g/mol. The third-order valence-corrected chi connectivity index (χ3v) is 2.67. The second-order valence-corrected chi connectivity index (χ2v) is 3.99. The average Bonchev–Trinajstić information content (AvgIpc) is 1.99. The molecule has 0 radical (unpaired) electrons. The zero-order valence-electron chi connectivity index (χ0n) is 8.90. The third-order valence-electron chi connectivity index (χ3n) is 2.67. The van der Waals surface area contributed by atoms with Crippen molar-refractivity contribution in [3.05, 3.63) is 0 Å². The highest BCUT2D eigenvalue weighted by Crippen LogP contribution is 2.27. The van der Waals surface area contributed by atoms with E-state index in [-0.39, 0.29) is 5.41 Å². The molecule has 0 atom stereocenters. The maximum Gasteiger partial charge on any atom is 0.0846 e. The lowest BCUT2D eigenvalue weighted by Crippen LogP contribution is -2.32. The Kier molecular flexibility index (Phi) is 4.46. The molecule has 0 fully saturated rings. The number of rotatable bonds is 5. The van der Waals surface area contributed by atoms with Crippen LogP contribution in [0.4, 0.5) is 0 Å². The van der Waals surface area contributed by atoms with Gasteiger partial charge in [0, 0.05) is 17.7 Å². The van der Waals surface area contributed by atoms with Gasteiger partial charge >= 0.3 is 0 Å². The van der Waals surface area contributed by atoms with Crippen molar-refractivity contribution in [3.8, 4) is 0 Å². The normalized spacial score (nSPS) is 12.2. The summed E-state index contributed by atoms with van der Waals surface area (Å²) in [7, 11) is 0. The lowest BCUT2D eigenvalue weighted by molar-refractivity contribution is 0.176. The van der Waals surface area contributed by atoms with Crippen LogP contribution in [0.25, 0.3) is 0 Å². The Bertz CT molecular complexity index is 150. The van der Waals surface area contributed by atoms with Crippen molar-refractivity contribution in [3.63, 3.8) is 0 Å². The van der Waals surface area contributed by atoms with Crippen LogP contribution in [-0.2, 0) is 4.74 Å². The van der Waals surface area contributed by atoms with Crippen LogP contribution in [0.5, 0.6) is 0 Å². The van der Waals surface area contributed by atoms with Gasteiger partial charge in [-0.2, -0.15) is 0 Å². The van der Waals surface area contributed by atoms with E-state index in [0.29, 0.717) is 24.8 Å². The molecule has 0 spiro atoms. The van der Waals surface area contributed by atoms with Gasteiger partial charge in [-0.1, -0.05) is 27.7 Å². The highest BCUT2D eigenvalue weighted by atomic mass is 16.5. The van der Waals surface area contributed by atoms with Gasteiger partial charge in [0.2, 0.25) is 0 Å². The summed E-state index contributed by atoms with van der Waals surface area (Å²) in [6.07, 6.45) is 0. The maximum absolute atomic E-state index is 7.80. The van der Waals surface area contributed by atoms with Crippen molar-refractivity contribution in [2.75, 3.05) is 13.2 Å². The van der Waals surface area contributed by atoms with E-state index >= 15 is 0 Å². The predicted octanol–water partition coefficient (Wildman–Crippen LogP) is 2.72. The van der Waals surface area contributed by atoms with E-state index in [2.05, 4.69) is 27.7 Å². The molecule has 0 aromatic rings. The van der Waals surface area contributed by atoms with Crippen molar-refractivity contribution in [1.82, 2.24) is 0 Å². The fourth-order valence-corrected chi connectivity index (χ4v) is 0.739. The van der Waals surface area contributed by atoms with E-state index in [1.54, 1.807) is 0 Å². The van der Waals surface area contributed by atoms with Crippen molar-refractivity contribution in [2.24, 2.45) is 11.3 Å². The van der Waals surface area contributed by atoms with Crippen LogP contribution in [0.15, 0.2) is 0 Å². The molecule has 0 rings (SSSR count). The Labute approximate surface area is 75.8 Å². The molecule has 2 nitrogen and oxygen atoms in total. The second kappa shape index (κ2) is 4.61. The molecule has 0 aromatic heterocycles. The van der Waals surface area contributed by atoms with Crippen LogP contribution in [0.2, 0.25) is 0 Å². The van der Waals surface area contributed by atoms with Gasteiger partial charge in [-0.05, 0) is 12.8 Å². The average molecular weight is 171 g/mol. The van der Waals surface area contributed by atoms with E-state index in [0.717, 1.165) is 0 Å². The van der Waals surface area contributed by atoms with E-state index < -0.39 is 0 Å². The van der Waals surface area contributed by atoms with Crippen molar-refractivity contribution in [1.29, 1.82) is 5.41 Å². The molecule has 0 aliphatic rings. The standard InChI is InChI=1S/C10H21NO/c1-6-12-7-9(11)10(4,5)8(2)3/h8,11H,6-7H2,1-5H3. The van der Waals surface area contributed by atoms with Gasteiger partial charge in [0.1, 0.15) is 0 Å². The minimum atomic E-state index is -0.0326. The molecular formula is C10H21NO. The first kappa shape index (κ1) is 11.6. The molecule has 0 aromatic carbocycles. The molecule has 0 saturated heterocycles. The molecule has 0 unspecified atom stereocenters. The van der Waals surface area contributed by atoms with Gasteiger partial charge in [-0.3, -0.25) is 0 Å². The van der Waals surface area contributed by atoms with Crippen LogP contribution < -0.4 is 0 Å². The molecule has 0 heterocycles. The summed E-state index contributed by atoms with van der Waals surface area (Å²) in [5.41, 5.74) is 0.661. The summed E-state index contributed by atoms with van der Waals surface area (Å²) in [4.78, 5) is 0. The highest BCUT2D eigenvalue weighted by Gasteiger charge is 2.27. The van der Waals surface area contributed by atoms with E-state index in [1.807, 2.05) is 6.92 Å². The first-order chi connectivity index (χ1) is 5.42. The zero-order valence-corrected chi connectivity index (χ0v) is 8.90. The summed E-state index contributed by atoms with van der Waals surface area (Å²) >= 11 is 0. The molecular weight excluding hydrogens is 150 g/mol. The number of hydrogen-bond donors (Lipinski definition) is 1. The quantitative estimate of drug-likeness (QED) is 0.634. The molecule has 0 aliphatic carbocycles. The fraction of sp³-hybridized carbons (Fsp3) is 0.900. The minimum absolute atomic E-state index is 0.0326. The van der Waals surface area contributed by atoms with Gasteiger partial charge in [0.15, 0.2) is 0 Å². The van der Waals surface area contributed by atoms with Crippen molar-refractivity contribution >= 4 is 5.71 Å². The van der Waals surface area contributed by atoms with E-state index in [1.165, 1.54) is 0 Å². The second-order valence-electron chi connectivity index (χ2n) is 3.99. The van der Waals surface area contributed by atoms with Gasteiger partial charge in [-0.15, -0.1) is 0 Å². The Hall–Kier alpha value is -0.370. The minimum Gasteiger partial charge on any atom is -0.376 e. The summed E-state index contributed by atoms with van der Waals surface area (Å²) in [5, 5.41) is 7.80. The van der Waals surface area contributed by atoms with Crippen LogP contribution in [0.3, 0.4) is 0 Å². The van der Waals surface area contributed by atoms with Gasteiger partial charge in [0.05, 0.1) is 6.61 Å². The Morgan fingerprint density at radius 3 is 2.25 bits per heavy atom. The summed E-state index contributed by atoms with van der Waals surface area (Å²) in [5.74, 6) is 0.491. The Balaban J connectivity index is 4.07.